The molecule has 0 saturated carbocycles. The number of rotatable bonds is 7. The molecule has 9 nitrogen and oxygen atoms in total. The first-order valence-corrected chi connectivity index (χ1v) is 11.5. The number of likely N-dealkylation sites (N-methyl/N-ethyl adjacent to an activating group) is 1. The van der Waals surface area contributed by atoms with E-state index in [9.17, 15) is 26.4 Å². The van der Waals surface area contributed by atoms with Gasteiger partial charge in [-0.25, -0.2) is 9.78 Å². The maximum absolute atomic E-state index is 13.0. The van der Waals surface area contributed by atoms with Crippen LogP contribution in [0.1, 0.15) is 13.3 Å². The lowest BCUT2D eigenvalue weighted by molar-refractivity contribution is -0.199. The van der Waals surface area contributed by atoms with Gasteiger partial charge in [0.15, 0.2) is 0 Å². The van der Waals surface area contributed by atoms with Crippen molar-refractivity contribution in [2.24, 2.45) is 0 Å². The Labute approximate surface area is 184 Å². The molecule has 170 valence electrons. The molecule has 0 aliphatic carbocycles. The Kier molecular flexibility index (Phi) is 6.93. The summed E-state index contributed by atoms with van der Waals surface area (Å²) in [6.07, 6.45) is -3.63. The number of anilines is 2. The zero-order valence-corrected chi connectivity index (χ0v) is 18.4. The molecule has 0 spiro atoms. The maximum Gasteiger partial charge on any atom is 0.493 e. The highest BCUT2D eigenvalue weighted by atomic mass is 35.5. The van der Waals surface area contributed by atoms with Crippen molar-refractivity contribution in [3.8, 4) is 0 Å². The van der Waals surface area contributed by atoms with Gasteiger partial charge >= 0.3 is 12.1 Å². The smallest absolute Gasteiger partial charge is 0.366 e. The molecule has 2 heterocycles. The Balaban J connectivity index is 1.96. The van der Waals surface area contributed by atoms with Gasteiger partial charge in [0.2, 0.25) is 0 Å². The molecule has 1 atom stereocenters. The van der Waals surface area contributed by atoms with E-state index >= 15 is 0 Å². The normalized spacial score (nSPS) is 16.9. The third-order valence-electron chi connectivity index (χ3n) is 4.46. The molecule has 1 aromatic carbocycles. The Hall–Kier alpha value is -2.16. The average Bonchev–Trinajstić information content (AvgIpc) is 3.41. The Bertz CT molecular complexity index is 1030. The molecule has 0 bridgehead atoms. The molecule has 1 aliphatic rings. The van der Waals surface area contributed by atoms with E-state index in [-0.39, 0.29) is 15.5 Å². The second-order valence-corrected chi connectivity index (χ2v) is 9.30. The topological polar surface area (TPSA) is 105 Å². The first-order valence-electron chi connectivity index (χ1n) is 8.93. The fourth-order valence-corrected chi connectivity index (χ4v) is 5.32. The van der Waals surface area contributed by atoms with E-state index in [2.05, 4.69) is 19.5 Å². The molecule has 0 radical (unpaired) electrons. The molecule has 1 aromatic heterocycles. The Morgan fingerprint density at radius 3 is 2.68 bits per heavy atom. The SMILES string of the molecule is CCN(c1ccc(S(=O)(=O)N(OC(=O)C(F)(F)F)c2ncns2)cc1Cl)[C@H]1CCNC1. The van der Waals surface area contributed by atoms with Crippen molar-refractivity contribution in [1.82, 2.24) is 14.7 Å². The van der Waals surface area contributed by atoms with Crippen molar-refractivity contribution in [2.75, 3.05) is 29.0 Å². The number of carbonyl (C=O) groups is 1. The summed E-state index contributed by atoms with van der Waals surface area (Å²) in [6.45, 7) is 4.11. The number of sulfonamides is 1. The molecule has 1 saturated heterocycles. The lowest BCUT2D eigenvalue weighted by Crippen LogP contribution is -2.39. The number of hydrogen-bond donors (Lipinski definition) is 1. The minimum Gasteiger partial charge on any atom is -0.366 e. The van der Waals surface area contributed by atoms with Gasteiger partial charge in [0.1, 0.15) is 6.33 Å². The third kappa shape index (κ3) is 5.02. The van der Waals surface area contributed by atoms with E-state index < -0.39 is 32.2 Å². The van der Waals surface area contributed by atoms with Crippen molar-refractivity contribution in [2.45, 2.75) is 30.5 Å². The molecule has 2 aromatic rings. The number of alkyl halides is 3. The third-order valence-corrected chi connectivity index (χ3v) is 7.05. The van der Waals surface area contributed by atoms with Crippen molar-refractivity contribution < 1.29 is 31.2 Å². The van der Waals surface area contributed by atoms with E-state index in [1.165, 1.54) is 12.1 Å². The number of carbonyl (C=O) groups excluding carboxylic acids is 1. The summed E-state index contributed by atoms with van der Waals surface area (Å²) in [4.78, 5) is 20.5. The number of hydrogen-bond acceptors (Lipinski definition) is 9. The summed E-state index contributed by atoms with van der Waals surface area (Å²) < 4.78 is 67.3. The fourth-order valence-electron chi connectivity index (χ4n) is 3.07. The lowest BCUT2D eigenvalue weighted by atomic mass is 10.2. The molecule has 1 N–H and O–H groups in total. The molecule has 1 fully saturated rings. The molecule has 0 unspecified atom stereocenters. The average molecular weight is 500 g/mol. The zero-order chi connectivity index (χ0) is 22.8. The van der Waals surface area contributed by atoms with Gasteiger partial charge in [0, 0.05) is 30.7 Å². The standard InChI is InChI=1S/C16H17ClF3N5O4S2/c1-2-24(10-5-6-21-8-10)13-4-3-11(7-12(13)17)31(27,28)25(15-22-9-23-30-15)29-14(26)16(18,19)20/h3-4,7,9-10,21H,2,5-6,8H2,1H3/t10-/m0/s1. The highest BCUT2D eigenvalue weighted by molar-refractivity contribution is 7.92. The molecule has 0 amide bonds. The van der Waals surface area contributed by atoms with E-state index in [0.29, 0.717) is 23.8 Å². The van der Waals surface area contributed by atoms with Crippen LogP contribution in [0.5, 0.6) is 0 Å². The summed E-state index contributed by atoms with van der Waals surface area (Å²) in [6, 6.07) is 3.89. The number of aromatic nitrogens is 2. The van der Waals surface area contributed by atoms with E-state index in [4.69, 9.17) is 11.6 Å². The van der Waals surface area contributed by atoms with Crippen molar-refractivity contribution >= 4 is 49.9 Å². The highest BCUT2D eigenvalue weighted by Crippen LogP contribution is 2.34. The van der Waals surface area contributed by atoms with Crippen LogP contribution in [0.3, 0.4) is 0 Å². The first kappa shape index (κ1) is 23.5. The number of nitrogens with one attached hydrogen (secondary N) is 1. The predicted octanol–water partition coefficient (Wildman–Crippen LogP) is 2.60. The minimum absolute atomic E-state index is 0.0780. The molecular weight excluding hydrogens is 483 g/mol. The number of halogens is 4. The number of benzene rings is 1. The second-order valence-electron chi connectivity index (χ2n) is 6.38. The molecule has 1 aliphatic heterocycles. The van der Waals surface area contributed by atoms with Crippen LogP contribution >= 0.6 is 23.1 Å². The molecular formula is C16H17ClF3N5O4S2. The largest absolute Gasteiger partial charge is 0.493 e. The van der Waals surface area contributed by atoms with Gasteiger partial charge in [-0.15, -0.1) is 0 Å². The highest BCUT2D eigenvalue weighted by Gasteiger charge is 2.45. The van der Waals surface area contributed by atoms with E-state index in [0.717, 1.165) is 31.9 Å². The molecule has 3 rings (SSSR count). The predicted molar refractivity (Wildman–Crippen MR) is 107 cm³/mol. The maximum atomic E-state index is 13.0. The van der Waals surface area contributed by atoms with Crippen LogP contribution in [0.4, 0.5) is 24.0 Å². The molecule has 31 heavy (non-hydrogen) atoms. The zero-order valence-electron chi connectivity index (χ0n) is 16.0. The second kappa shape index (κ2) is 9.14. The van der Waals surface area contributed by atoms with Crippen molar-refractivity contribution in [1.29, 1.82) is 0 Å². The summed E-state index contributed by atoms with van der Waals surface area (Å²) in [7, 11) is -4.79. The fraction of sp³-hybridized carbons (Fsp3) is 0.438. The van der Waals surface area contributed by atoms with Crippen LogP contribution in [0.2, 0.25) is 5.02 Å². The van der Waals surface area contributed by atoms with Crippen LogP contribution < -0.4 is 14.7 Å². The summed E-state index contributed by atoms with van der Waals surface area (Å²) >= 11 is 6.77. The summed E-state index contributed by atoms with van der Waals surface area (Å²) in [5, 5.41) is 2.73. The van der Waals surface area contributed by atoms with Crippen LogP contribution in [-0.2, 0) is 19.7 Å². The minimum atomic E-state index is -5.42. The van der Waals surface area contributed by atoms with Crippen LogP contribution in [0.15, 0.2) is 29.4 Å². The van der Waals surface area contributed by atoms with E-state index in [1.807, 2.05) is 11.8 Å². The van der Waals surface area contributed by atoms with Gasteiger partial charge in [-0.3, -0.25) is 0 Å². The van der Waals surface area contributed by atoms with Gasteiger partial charge in [-0.05, 0) is 38.1 Å². The Morgan fingerprint density at radius 1 is 1.42 bits per heavy atom. The van der Waals surface area contributed by atoms with Gasteiger partial charge in [0.25, 0.3) is 15.2 Å². The molecule has 15 heteroatoms. The summed E-state index contributed by atoms with van der Waals surface area (Å²) in [5.74, 6) is -2.72. The Morgan fingerprint density at radius 2 is 2.16 bits per heavy atom. The van der Waals surface area contributed by atoms with Crippen LogP contribution in [0, 0.1) is 0 Å². The van der Waals surface area contributed by atoms with Gasteiger partial charge in [0.05, 0.1) is 15.6 Å². The monoisotopic (exact) mass is 499 g/mol. The van der Waals surface area contributed by atoms with Gasteiger partial charge in [-0.1, -0.05) is 16.1 Å². The van der Waals surface area contributed by atoms with Gasteiger partial charge < -0.3 is 15.1 Å². The van der Waals surface area contributed by atoms with E-state index in [1.54, 1.807) is 0 Å². The number of nitrogens with zero attached hydrogens (tertiary/aromatic N) is 4. The van der Waals surface area contributed by atoms with Crippen LogP contribution in [0.25, 0.3) is 0 Å². The first-order chi connectivity index (χ1) is 14.6. The lowest BCUT2D eigenvalue weighted by Gasteiger charge is -2.30. The van der Waals surface area contributed by atoms with Crippen LogP contribution in [-0.4, -0.2) is 55.6 Å². The van der Waals surface area contributed by atoms with Gasteiger partial charge in [-0.2, -0.15) is 26.0 Å². The van der Waals surface area contributed by atoms with Crippen molar-refractivity contribution in [3.63, 3.8) is 0 Å². The quantitative estimate of drug-likeness (QED) is 0.580. The van der Waals surface area contributed by atoms with Crippen molar-refractivity contribution in [3.05, 3.63) is 29.5 Å². The summed E-state index contributed by atoms with van der Waals surface area (Å²) in [5.41, 5.74) is 0.576.